The van der Waals surface area contributed by atoms with Crippen molar-refractivity contribution in [3.05, 3.63) is 71.8 Å². The van der Waals surface area contributed by atoms with Gasteiger partial charge < -0.3 is 0 Å². The number of rotatable bonds is 3. The van der Waals surface area contributed by atoms with Gasteiger partial charge in [-0.2, -0.15) is 0 Å². The predicted molar refractivity (Wildman–Crippen MR) is 77.6 cm³/mol. The number of hydrogen-bond donors (Lipinski definition) is 2. The van der Waals surface area contributed by atoms with Crippen molar-refractivity contribution in [1.29, 1.82) is 0 Å². The average Bonchev–Trinajstić information content (AvgIpc) is 2.55. The minimum Gasteiger partial charge on any atom is -0.267 e. The van der Waals surface area contributed by atoms with Crippen molar-refractivity contribution in [2.45, 2.75) is 0 Å². The summed E-state index contributed by atoms with van der Waals surface area (Å²) >= 11 is 0. The molecule has 0 aliphatic carbocycles. The van der Waals surface area contributed by atoms with Crippen LogP contribution in [-0.4, -0.2) is 17.8 Å². The lowest BCUT2D eigenvalue weighted by atomic mass is 10.1. The largest absolute Gasteiger partial charge is 0.281 e. The number of hydrogen-bond acceptors (Lipinski definition) is 3. The molecule has 2 amide bonds. The van der Waals surface area contributed by atoms with E-state index >= 15 is 0 Å². The maximum Gasteiger partial charge on any atom is 0.281 e. The summed E-state index contributed by atoms with van der Waals surface area (Å²) in [5.74, 6) is 0.393. The number of nitrogens with one attached hydrogen (secondary N) is 2. The second kappa shape index (κ2) is 6.84. The van der Waals surface area contributed by atoms with Gasteiger partial charge in [-0.15, -0.1) is 0 Å². The molecule has 0 saturated heterocycles. The van der Waals surface area contributed by atoms with E-state index in [9.17, 15) is 14.4 Å². The molecule has 0 aliphatic heterocycles. The molecular formula is C16H12N2O3. The molecule has 0 spiro atoms. The molecule has 0 saturated carbocycles. The van der Waals surface area contributed by atoms with E-state index in [0.29, 0.717) is 11.1 Å². The van der Waals surface area contributed by atoms with E-state index in [-0.39, 0.29) is 5.57 Å². The third-order valence-corrected chi connectivity index (χ3v) is 2.72. The van der Waals surface area contributed by atoms with Crippen LogP contribution in [-0.2, 0) is 9.59 Å². The number of carbonyl (C=O) groups is 2. The molecule has 2 N–H and O–H groups in total. The maximum absolute atomic E-state index is 11.9. The summed E-state index contributed by atoms with van der Waals surface area (Å²) in [6.07, 6.45) is 0. The van der Waals surface area contributed by atoms with Gasteiger partial charge >= 0.3 is 0 Å². The molecule has 2 aromatic rings. The van der Waals surface area contributed by atoms with Crippen molar-refractivity contribution in [1.82, 2.24) is 10.9 Å². The summed E-state index contributed by atoms with van der Waals surface area (Å²) in [5, 5.41) is 0. The molecule has 0 aromatic heterocycles. The second-order valence-corrected chi connectivity index (χ2v) is 4.12. The fraction of sp³-hybridized carbons (Fsp3) is 0. The Morgan fingerprint density at radius 3 is 1.81 bits per heavy atom. The maximum atomic E-state index is 11.9. The van der Waals surface area contributed by atoms with E-state index in [1.807, 2.05) is 0 Å². The van der Waals surface area contributed by atoms with Crippen molar-refractivity contribution in [3.63, 3.8) is 0 Å². The van der Waals surface area contributed by atoms with Gasteiger partial charge in [-0.3, -0.25) is 20.4 Å². The van der Waals surface area contributed by atoms with E-state index < -0.39 is 11.8 Å². The highest BCUT2D eigenvalue weighted by molar-refractivity contribution is 6.27. The minimum absolute atomic E-state index is 0.177. The number of hydrazine groups is 1. The first-order valence-corrected chi connectivity index (χ1v) is 6.18. The Labute approximate surface area is 121 Å². The lowest BCUT2D eigenvalue weighted by Crippen LogP contribution is -2.42. The molecule has 0 fully saturated rings. The van der Waals surface area contributed by atoms with Crippen molar-refractivity contribution in [2.24, 2.45) is 0 Å². The van der Waals surface area contributed by atoms with Crippen molar-refractivity contribution in [2.75, 3.05) is 0 Å². The van der Waals surface area contributed by atoms with E-state index in [4.69, 9.17) is 0 Å². The Morgan fingerprint density at radius 2 is 1.29 bits per heavy atom. The normalized spacial score (nSPS) is 9.33. The molecule has 0 unspecified atom stereocenters. The number of benzene rings is 2. The van der Waals surface area contributed by atoms with E-state index in [2.05, 4.69) is 10.9 Å². The Hall–Kier alpha value is -3.17. The smallest absolute Gasteiger partial charge is 0.267 e. The highest BCUT2D eigenvalue weighted by Gasteiger charge is 2.14. The van der Waals surface area contributed by atoms with Crippen LogP contribution in [0.5, 0.6) is 0 Å². The summed E-state index contributed by atoms with van der Waals surface area (Å²) in [6, 6.07) is 16.8. The van der Waals surface area contributed by atoms with E-state index in [1.54, 1.807) is 66.6 Å². The van der Waals surface area contributed by atoms with Gasteiger partial charge in [0.15, 0.2) is 0 Å². The monoisotopic (exact) mass is 280 g/mol. The highest BCUT2D eigenvalue weighted by atomic mass is 16.2. The Balaban J connectivity index is 2.02. The van der Waals surface area contributed by atoms with Crippen LogP contribution in [0.15, 0.2) is 60.7 Å². The van der Waals surface area contributed by atoms with Gasteiger partial charge in [-0.05, 0) is 17.7 Å². The fourth-order valence-electron chi connectivity index (χ4n) is 1.68. The molecule has 0 bridgehead atoms. The van der Waals surface area contributed by atoms with Gasteiger partial charge in [0, 0.05) is 5.56 Å². The van der Waals surface area contributed by atoms with E-state index in [0.717, 1.165) is 0 Å². The molecule has 0 aliphatic rings. The topological polar surface area (TPSA) is 75.3 Å². The predicted octanol–water partition coefficient (Wildman–Crippen LogP) is 1.36. The third-order valence-electron chi connectivity index (χ3n) is 2.72. The third kappa shape index (κ3) is 3.65. The Kier molecular flexibility index (Phi) is 4.64. The number of amides is 2. The Morgan fingerprint density at radius 1 is 0.762 bits per heavy atom. The molecule has 104 valence electrons. The molecule has 5 nitrogen and oxygen atoms in total. The molecule has 2 aromatic carbocycles. The SMILES string of the molecule is O=C=C(C(=O)NNC(=O)c1ccccc1)c1ccccc1. The average molecular weight is 280 g/mol. The van der Waals surface area contributed by atoms with Gasteiger partial charge in [-0.1, -0.05) is 48.5 Å². The quantitative estimate of drug-likeness (QED) is 0.506. The molecule has 2 rings (SSSR count). The minimum atomic E-state index is -0.722. The molecular weight excluding hydrogens is 268 g/mol. The van der Waals surface area contributed by atoms with Crippen LogP contribution >= 0.6 is 0 Å². The fourth-order valence-corrected chi connectivity index (χ4v) is 1.68. The molecule has 21 heavy (non-hydrogen) atoms. The summed E-state index contributed by atoms with van der Waals surface area (Å²) in [4.78, 5) is 34.6. The molecule has 0 radical (unpaired) electrons. The molecule has 0 heterocycles. The van der Waals surface area contributed by atoms with Crippen LogP contribution in [0.1, 0.15) is 15.9 Å². The first kappa shape index (κ1) is 14.2. The van der Waals surface area contributed by atoms with Gasteiger partial charge in [0.2, 0.25) is 0 Å². The number of carbonyl (C=O) groups excluding carboxylic acids is 3. The standard InChI is InChI=1S/C16H12N2O3/c19-11-14(12-7-3-1-4-8-12)16(21)18-17-15(20)13-9-5-2-6-10-13/h1-10H,(H,17,20)(H,18,21). The van der Waals surface area contributed by atoms with Crippen LogP contribution in [0.2, 0.25) is 0 Å². The van der Waals surface area contributed by atoms with Crippen LogP contribution in [0.4, 0.5) is 0 Å². The van der Waals surface area contributed by atoms with Crippen molar-refractivity contribution in [3.8, 4) is 0 Å². The van der Waals surface area contributed by atoms with Crippen LogP contribution < -0.4 is 10.9 Å². The van der Waals surface area contributed by atoms with Gasteiger partial charge in [-0.25, -0.2) is 4.79 Å². The zero-order valence-electron chi connectivity index (χ0n) is 11.0. The first-order valence-electron chi connectivity index (χ1n) is 6.18. The summed E-state index contributed by atoms with van der Waals surface area (Å²) < 4.78 is 0. The van der Waals surface area contributed by atoms with Crippen LogP contribution in [0, 0.1) is 0 Å². The summed E-state index contributed by atoms with van der Waals surface area (Å²) in [7, 11) is 0. The van der Waals surface area contributed by atoms with Gasteiger partial charge in [0.25, 0.3) is 11.8 Å². The second-order valence-electron chi connectivity index (χ2n) is 4.12. The lowest BCUT2D eigenvalue weighted by Gasteiger charge is -2.08. The van der Waals surface area contributed by atoms with Gasteiger partial charge in [0.1, 0.15) is 11.5 Å². The zero-order valence-corrected chi connectivity index (χ0v) is 11.0. The Bertz CT molecular complexity index is 690. The summed E-state index contributed by atoms with van der Waals surface area (Å²) in [5.41, 5.74) is 5.09. The van der Waals surface area contributed by atoms with Crippen molar-refractivity contribution < 1.29 is 14.4 Å². The molecule has 5 heteroatoms. The van der Waals surface area contributed by atoms with Crippen molar-refractivity contribution >= 4 is 23.3 Å². The van der Waals surface area contributed by atoms with Gasteiger partial charge in [0.05, 0.1) is 0 Å². The molecule has 0 atom stereocenters. The van der Waals surface area contributed by atoms with E-state index in [1.165, 1.54) is 0 Å². The lowest BCUT2D eigenvalue weighted by molar-refractivity contribution is -0.116. The van der Waals surface area contributed by atoms with Crippen LogP contribution in [0.3, 0.4) is 0 Å². The van der Waals surface area contributed by atoms with Crippen LogP contribution in [0.25, 0.3) is 5.57 Å². The zero-order chi connectivity index (χ0) is 15.1. The first-order chi connectivity index (χ1) is 10.2. The highest BCUT2D eigenvalue weighted by Crippen LogP contribution is 2.10. The summed E-state index contributed by atoms with van der Waals surface area (Å²) in [6.45, 7) is 0.